The van der Waals surface area contributed by atoms with Gasteiger partial charge in [-0.25, -0.2) is 0 Å². The number of hydrogen-bond donors (Lipinski definition) is 0. The van der Waals surface area contributed by atoms with Gasteiger partial charge in [0.25, 0.3) is 5.91 Å². The maximum Gasteiger partial charge on any atom is 0.253 e. The average molecular weight is 301 g/mol. The quantitative estimate of drug-likeness (QED) is 0.730. The Morgan fingerprint density at radius 2 is 2.00 bits per heavy atom. The van der Waals surface area contributed by atoms with Crippen molar-refractivity contribution in [2.24, 2.45) is 0 Å². The van der Waals surface area contributed by atoms with Crippen LogP contribution in [0.4, 0.5) is 0 Å². The van der Waals surface area contributed by atoms with Gasteiger partial charge in [0.2, 0.25) is 0 Å². The Morgan fingerprint density at radius 3 is 2.64 bits per heavy atom. The minimum absolute atomic E-state index is 0.181. The smallest absolute Gasteiger partial charge is 0.253 e. The van der Waals surface area contributed by atoms with E-state index in [4.69, 9.17) is 0 Å². The van der Waals surface area contributed by atoms with Crippen molar-refractivity contribution in [1.82, 2.24) is 4.90 Å². The molecule has 1 aromatic rings. The summed E-state index contributed by atoms with van der Waals surface area (Å²) >= 11 is 2.23. The molecule has 0 unspecified atom stereocenters. The summed E-state index contributed by atoms with van der Waals surface area (Å²) in [5.41, 5.74) is 0.818. The molecule has 0 atom stereocenters. The molecular formula is C11H12INO. The maximum atomic E-state index is 11.9. The molecule has 0 aromatic heterocycles. The van der Waals surface area contributed by atoms with Crippen molar-refractivity contribution in [3.8, 4) is 0 Å². The van der Waals surface area contributed by atoms with E-state index in [1.807, 2.05) is 29.2 Å². The minimum Gasteiger partial charge on any atom is -0.339 e. The molecule has 1 amide bonds. The molecule has 0 saturated carbocycles. The molecule has 74 valence electrons. The van der Waals surface area contributed by atoms with Gasteiger partial charge < -0.3 is 4.90 Å². The number of nitrogens with zero attached hydrogens (tertiary/aromatic N) is 1. The lowest BCUT2D eigenvalue weighted by atomic mass is 10.2. The molecule has 0 aliphatic carbocycles. The van der Waals surface area contributed by atoms with Crippen molar-refractivity contribution in [3.63, 3.8) is 0 Å². The number of halogens is 1. The molecular weight excluding hydrogens is 289 g/mol. The first-order valence-electron chi connectivity index (χ1n) is 4.82. The zero-order chi connectivity index (χ0) is 9.97. The SMILES string of the molecule is O=C(c1cccc(I)c1)N1CCCC1. The third kappa shape index (κ3) is 2.08. The lowest BCUT2D eigenvalue weighted by Crippen LogP contribution is -2.27. The number of carbonyl (C=O) groups is 1. The Balaban J connectivity index is 2.17. The summed E-state index contributed by atoms with van der Waals surface area (Å²) in [7, 11) is 0. The van der Waals surface area contributed by atoms with E-state index in [9.17, 15) is 4.79 Å². The summed E-state index contributed by atoms with van der Waals surface area (Å²) in [6.07, 6.45) is 2.30. The number of likely N-dealkylation sites (tertiary alicyclic amines) is 1. The van der Waals surface area contributed by atoms with Crippen LogP contribution in [-0.4, -0.2) is 23.9 Å². The van der Waals surface area contributed by atoms with Crippen LogP contribution in [0.25, 0.3) is 0 Å². The molecule has 0 radical (unpaired) electrons. The molecule has 1 aliphatic rings. The van der Waals surface area contributed by atoms with Gasteiger partial charge in [0.05, 0.1) is 0 Å². The Kier molecular flexibility index (Phi) is 3.05. The van der Waals surface area contributed by atoms with Gasteiger partial charge >= 0.3 is 0 Å². The molecule has 3 heteroatoms. The van der Waals surface area contributed by atoms with E-state index < -0.39 is 0 Å². The summed E-state index contributed by atoms with van der Waals surface area (Å²) in [5, 5.41) is 0. The summed E-state index contributed by atoms with van der Waals surface area (Å²) in [6, 6.07) is 7.77. The predicted octanol–water partition coefficient (Wildman–Crippen LogP) is 2.53. The molecule has 0 N–H and O–H groups in total. The molecule has 1 aliphatic heterocycles. The van der Waals surface area contributed by atoms with Gasteiger partial charge in [-0.3, -0.25) is 4.79 Å². The van der Waals surface area contributed by atoms with Gasteiger partial charge in [0.1, 0.15) is 0 Å². The van der Waals surface area contributed by atoms with Crippen LogP contribution in [0.1, 0.15) is 23.2 Å². The van der Waals surface area contributed by atoms with E-state index in [0.717, 1.165) is 35.1 Å². The Labute approximate surface area is 97.4 Å². The van der Waals surface area contributed by atoms with Crippen LogP contribution >= 0.6 is 22.6 Å². The fourth-order valence-electron chi connectivity index (χ4n) is 1.72. The van der Waals surface area contributed by atoms with E-state index in [2.05, 4.69) is 22.6 Å². The number of carbonyl (C=O) groups excluding carboxylic acids is 1. The van der Waals surface area contributed by atoms with Crippen molar-refractivity contribution < 1.29 is 4.79 Å². The van der Waals surface area contributed by atoms with Crippen LogP contribution in [0.2, 0.25) is 0 Å². The van der Waals surface area contributed by atoms with Crippen molar-refractivity contribution in [2.45, 2.75) is 12.8 Å². The molecule has 2 nitrogen and oxygen atoms in total. The number of rotatable bonds is 1. The summed E-state index contributed by atoms with van der Waals surface area (Å²) < 4.78 is 1.12. The van der Waals surface area contributed by atoms with E-state index in [0.29, 0.717) is 0 Å². The van der Waals surface area contributed by atoms with Crippen molar-refractivity contribution in [2.75, 3.05) is 13.1 Å². The normalized spacial score (nSPS) is 15.9. The monoisotopic (exact) mass is 301 g/mol. The molecule has 1 fully saturated rings. The summed E-state index contributed by atoms with van der Waals surface area (Å²) in [6.45, 7) is 1.84. The molecule has 14 heavy (non-hydrogen) atoms. The molecule has 1 heterocycles. The van der Waals surface area contributed by atoms with Crippen molar-refractivity contribution in [3.05, 3.63) is 33.4 Å². The van der Waals surface area contributed by atoms with E-state index in [-0.39, 0.29) is 5.91 Å². The molecule has 0 bridgehead atoms. The standard InChI is InChI=1S/C11H12INO/c12-10-5-3-4-9(8-10)11(14)13-6-1-2-7-13/h3-5,8H,1-2,6-7H2. The van der Waals surface area contributed by atoms with Gasteiger partial charge in [0.15, 0.2) is 0 Å². The fraction of sp³-hybridized carbons (Fsp3) is 0.364. The second kappa shape index (κ2) is 4.29. The van der Waals surface area contributed by atoms with Crippen molar-refractivity contribution in [1.29, 1.82) is 0 Å². The highest BCUT2D eigenvalue weighted by Gasteiger charge is 2.18. The highest BCUT2D eigenvalue weighted by molar-refractivity contribution is 14.1. The number of hydrogen-bond acceptors (Lipinski definition) is 1. The highest BCUT2D eigenvalue weighted by Crippen LogP contribution is 2.14. The largest absolute Gasteiger partial charge is 0.339 e. The lowest BCUT2D eigenvalue weighted by molar-refractivity contribution is 0.0793. The number of amides is 1. The fourth-order valence-corrected chi connectivity index (χ4v) is 2.27. The van der Waals surface area contributed by atoms with Gasteiger partial charge in [-0.2, -0.15) is 0 Å². The van der Waals surface area contributed by atoms with Gasteiger partial charge in [-0.15, -0.1) is 0 Å². The van der Waals surface area contributed by atoms with Crippen LogP contribution in [0, 0.1) is 3.57 Å². The Hall–Kier alpha value is -0.580. The second-order valence-electron chi connectivity index (χ2n) is 3.51. The number of benzene rings is 1. The van der Waals surface area contributed by atoms with Crippen LogP contribution in [0.15, 0.2) is 24.3 Å². The third-order valence-corrected chi connectivity index (χ3v) is 3.14. The van der Waals surface area contributed by atoms with Gasteiger partial charge in [-0.1, -0.05) is 6.07 Å². The Morgan fingerprint density at radius 1 is 1.29 bits per heavy atom. The van der Waals surface area contributed by atoms with Gasteiger partial charge in [0, 0.05) is 22.2 Å². The second-order valence-corrected chi connectivity index (χ2v) is 4.76. The first-order valence-corrected chi connectivity index (χ1v) is 5.90. The zero-order valence-electron chi connectivity index (χ0n) is 7.87. The minimum atomic E-state index is 0.181. The molecule has 0 spiro atoms. The van der Waals surface area contributed by atoms with Gasteiger partial charge in [-0.05, 0) is 53.6 Å². The summed E-state index contributed by atoms with van der Waals surface area (Å²) in [5.74, 6) is 0.181. The van der Waals surface area contributed by atoms with Crippen LogP contribution < -0.4 is 0 Å². The van der Waals surface area contributed by atoms with E-state index >= 15 is 0 Å². The predicted molar refractivity (Wildman–Crippen MR) is 64.3 cm³/mol. The van der Waals surface area contributed by atoms with Crippen LogP contribution in [0.3, 0.4) is 0 Å². The van der Waals surface area contributed by atoms with Crippen LogP contribution in [0.5, 0.6) is 0 Å². The first kappa shape index (κ1) is 9.96. The van der Waals surface area contributed by atoms with Crippen LogP contribution in [-0.2, 0) is 0 Å². The highest BCUT2D eigenvalue weighted by atomic mass is 127. The lowest BCUT2D eigenvalue weighted by Gasteiger charge is -2.14. The van der Waals surface area contributed by atoms with Crippen molar-refractivity contribution >= 4 is 28.5 Å². The van der Waals surface area contributed by atoms with E-state index in [1.165, 1.54) is 0 Å². The van der Waals surface area contributed by atoms with E-state index in [1.54, 1.807) is 0 Å². The Bertz CT molecular complexity index is 345. The zero-order valence-corrected chi connectivity index (χ0v) is 10.0. The summed E-state index contributed by atoms with van der Waals surface area (Å²) in [4.78, 5) is 13.9. The first-order chi connectivity index (χ1) is 6.77. The maximum absolute atomic E-state index is 11.9. The molecule has 1 aromatic carbocycles. The molecule has 1 saturated heterocycles. The topological polar surface area (TPSA) is 20.3 Å². The molecule has 2 rings (SSSR count). The third-order valence-electron chi connectivity index (χ3n) is 2.46. The average Bonchev–Trinajstić information content (AvgIpc) is 2.69.